The summed E-state index contributed by atoms with van der Waals surface area (Å²) in [7, 11) is 0. The molecule has 2 unspecified atom stereocenters. The van der Waals surface area contributed by atoms with Crippen LogP contribution in [0.1, 0.15) is 26.2 Å². The first-order chi connectivity index (χ1) is 8.81. The highest BCUT2D eigenvalue weighted by Crippen LogP contribution is 2.29. The van der Waals surface area contributed by atoms with E-state index >= 15 is 0 Å². The van der Waals surface area contributed by atoms with E-state index in [1.165, 1.54) is 25.0 Å². The Hall–Kier alpha value is -0.260. The monoisotopic (exact) mass is 272 g/mol. The summed E-state index contributed by atoms with van der Waals surface area (Å²) in [6.07, 6.45) is 3.80. The standard InChI is InChI=1S/C13H24N2O2S/c1-2-18-12-5-3-4-11(12)14-10-13(16)15-6-8-17-9-7-15/h11-12,14H,2-10H2,1H3. The van der Waals surface area contributed by atoms with Gasteiger partial charge in [-0.3, -0.25) is 4.79 Å². The van der Waals surface area contributed by atoms with Gasteiger partial charge in [-0.2, -0.15) is 11.8 Å². The van der Waals surface area contributed by atoms with E-state index in [0.29, 0.717) is 31.1 Å². The number of carbonyl (C=O) groups is 1. The van der Waals surface area contributed by atoms with Crippen LogP contribution in [0.15, 0.2) is 0 Å². The number of ether oxygens (including phenoxy) is 1. The van der Waals surface area contributed by atoms with Crippen LogP contribution in [0, 0.1) is 0 Å². The van der Waals surface area contributed by atoms with Gasteiger partial charge in [0.1, 0.15) is 0 Å². The van der Waals surface area contributed by atoms with Crippen LogP contribution in [-0.4, -0.2) is 60.7 Å². The van der Waals surface area contributed by atoms with Crippen molar-refractivity contribution in [2.24, 2.45) is 0 Å². The molecular weight excluding hydrogens is 248 g/mol. The van der Waals surface area contributed by atoms with Crippen LogP contribution >= 0.6 is 11.8 Å². The molecule has 1 saturated carbocycles. The predicted molar refractivity (Wildman–Crippen MR) is 75.0 cm³/mol. The fraction of sp³-hybridized carbons (Fsp3) is 0.923. The number of nitrogens with zero attached hydrogens (tertiary/aromatic N) is 1. The number of hydrogen-bond acceptors (Lipinski definition) is 4. The van der Waals surface area contributed by atoms with Gasteiger partial charge in [0.2, 0.25) is 5.91 Å². The zero-order valence-corrected chi connectivity index (χ0v) is 12.0. The summed E-state index contributed by atoms with van der Waals surface area (Å²) in [6, 6.07) is 0.528. The Balaban J connectivity index is 1.71. The van der Waals surface area contributed by atoms with Gasteiger partial charge in [0.05, 0.1) is 19.8 Å². The average molecular weight is 272 g/mol. The topological polar surface area (TPSA) is 41.6 Å². The molecule has 0 aromatic carbocycles. The Morgan fingerprint density at radius 1 is 1.39 bits per heavy atom. The number of nitrogens with one attached hydrogen (secondary N) is 1. The molecule has 0 bridgehead atoms. The molecule has 18 heavy (non-hydrogen) atoms. The third kappa shape index (κ3) is 3.87. The highest BCUT2D eigenvalue weighted by molar-refractivity contribution is 7.99. The lowest BCUT2D eigenvalue weighted by molar-refractivity contribution is -0.134. The molecule has 4 nitrogen and oxygen atoms in total. The van der Waals surface area contributed by atoms with Crippen LogP contribution in [0.25, 0.3) is 0 Å². The van der Waals surface area contributed by atoms with E-state index in [4.69, 9.17) is 4.74 Å². The predicted octanol–water partition coefficient (Wildman–Crippen LogP) is 1.11. The maximum Gasteiger partial charge on any atom is 0.236 e. The second kappa shape index (κ2) is 7.36. The molecule has 1 heterocycles. The van der Waals surface area contributed by atoms with Gasteiger partial charge in [-0.05, 0) is 18.6 Å². The number of rotatable bonds is 5. The molecule has 1 aliphatic carbocycles. The van der Waals surface area contributed by atoms with Crippen molar-refractivity contribution >= 4 is 17.7 Å². The third-order valence-electron chi connectivity index (χ3n) is 3.71. The minimum atomic E-state index is 0.227. The Labute approximate surface area is 114 Å². The Morgan fingerprint density at radius 3 is 2.89 bits per heavy atom. The SMILES string of the molecule is CCSC1CCCC1NCC(=O)N1CCOCC1. The van der Waals surface area contributed by atoms with Crippen molar-refractivity contribution in [1.82, 2.24) is 10.2 Å². The molecule has 0 radical (unpaired) electrons. The molecular formula is C13H24N2O2S. The summed E-state index contributed by atoms with van der Waals surface area (Å²) >= 11 is 2.03. The first-order valence-corrected chi connectivity index (χ1v) is 8.06. The number of amides is 1. The van der Waals surface area contributed by atoms with Gasteiger partial charge in [0.15, 0.2) is 0 Å². The third-order valence-corrected chi connectivity index (χ3v) is 5.04. The smallest absolute Gasteiger partial charge is 0.236 e. The second-order valence-electron chi connectivity index (χ2n) is 4.91. The first-order valence-electron chi connectivity index (χ1n) is 7.01. The van der Waals surface area contributed by atoms with Gasteiger partial charge in [-0.1, -0.05) is 13.3 Å². The van der Waals surface area contributed by atoms with Gasteiger partial charge in [-0.25, -0.2) is 0 Å². The normalized spacial score (nSPS) is 28.6. The Kier molecular flexibility index (Phi) is 5.79. The summed E-state index contributed by atoms with van der Waals surface area (Å²) < 4.78 is 5.26. The molecule has 0 spiro atoms. The molecule has 2 aliphatic rings. The second-order valence-corrected chi connectivity index (χ2v) is 6.42. The van der Waals surface area contributed by atoms with E-state index in [1.54, 1.807) is 0 Å². The van der Waals surface area contributed by atoms with Crippen LogP contribution in [-0.2, 0) is 9.53 Å². The fourth-order valence-corrected chi connectivity index (χ4v) is 3.94. The lowest BCUT2D eigenvalue weighted by atomic mass is 10.2. The molecule has 104 valence electrons. The van der Waals surface area contributed by atoms with Crippen molar-refractivity contribution in [2.75, 3.05) is 38.6 Å². The summed E-state index contributed by atoms with van der Waals surface area (Å²) in [5, 5.41) is 4.16. The number of thioether (sulfide) groups is 1. The lowest BCUT2D eigenvalue weighted by Crippen LogP contribution is -2.47. The Bertz CT molecular complexity index is 270. The Morgan fingerprint density at radius 2 is 2.17 bits per heavy atom. The highest BCUT2D eigenvalue weighted by Gasteiger charge is 2.27. The van der Waals surface area contributed by atoms with Gasteiger partial charge in [0, 0.05) is 24.4 Å². The molecule has 1 saturated heterocycles. The van der Waals surface area contributed by atoms with Crippen molar-refractivity contribution in [1.29, 1.82) is 0 Å². The molecule has 1 N–H and O–H groups in total. The number of hydrogen-bond donors (Lipinski definition) is 1. The summed E-state index contributed by atoms with van der Waals surface area (Å²) in [5.41, 5.74) is 0. The fourth-order valence-electron chi connectivity index (χ4n) is 2.72. The van der Waals surface area contributed by atoms with Crippen LogP contribution in [0.2, 0.25) is 0 Å². The number of carbonyl (C=O) groups excluding carboxylic acids is 1. The largest absolute Gasteiger partial charge is 0.378 e. The molecule has 2 atom stereocenters. The van der Waals surface area contributed by atoms with Crippen molar-refractivity contribution in [3.05, 3.63) is 0 Å². The number of morpholine rings is 1. The highest BCUT2D eigenvalue weighted by atomic mass is 32.2. The summed E-state index contributed by atoms with van der Waals surface area (Å²) in [5.74, 6) is 1.39. The minimum absolute atomic E-state index is 0.227. The maximum atomic E-state index is 12.0. The molecule has 0 aromatic heterocycles. The van der Waals surface area contributed by atoms with Crippen LogP contribution in [0.4, 0.5) is 0 Å². The molecule has 0 aromatic rings. The zero-order valence-electron chi connectivity index (χ0n) is 11.2. The van der Waals surface area contributed by atoms with E-state index in [-0.39, 0.29) is 5.91 Å². The average Bonchev–Trinajstić information content (AvgIpc) is 2.85. The summed E-state index contributed by atoms with van der Waals surface area (Å²) in [4.78, 5) is 13.9. The van der Waals surface area contributed by atoms with Crippen LogP contribution in [0.3, 0.4) is 0 Å². The molecule has 5 heteroatoms. The van der Waals surface area contributed by atoms with Gasteiger partial charge in [0.25, 0.3) is 0 Å². The van der Waals surface area contributed by atoms with Gasteiger partial charge in [-0.15, -0.1) is 0 Å². The van der Waals surface area contributed by atoms with Crippen molar-refractivity contribution < 1.29 is 9.53 Å². The van der Waals surface area contributed by atoms with E-state index < -0.39 is 0 Å². The zero-order chi connectivity index (χ0) is 12.8. The van der Waals surface area contributed by atoms with Crippen LogP contribution in [0.5, 0.6) is 0 Å². The molecule has 1 aliphatic heterocycles. The molecule has 2 rings (SSSR count). The minimum Gasteiger partial charge on any atom is -0.378 e. The van der Waals surface area contributed by atoms with Crippen molar-refractivity contribution in [3.8, 4) is 0 Å². The van der Waals surface area contributed by atoms with E-state index in [1.807, 2.05) is 16.7 Å². The maximum absolute atomic E-state index is 12.0. The van der Waals surface area contributed by atoms with Gasteiger partial charge >= 0.3 is 0 Å². The van der Waals surface area contributed by atoms with Crippen molar-refractivity contribution in [3.63, 3.8) is 0 Å². The van der Waals surface area contributed by atoms with E-state index in [9.17, 15) is 4.79 Å². The van der Waals surface area contributed by atoms with E-state index in [0.717, 1.165) is 13.1 Å². The first kappa shape index (κ1) is 14.2. The summed E-state index contributed by atoms with van der Waals surface area (Å²) in [6.45, 7) is 5.56. The molecule has 2 fully saturated rings. The van der Waals surface area contributed by atoms with Crippen molar-refractivity contribution in [2.45, 2.75) is 37.5 Å². The van der Waals surface area contributed by atoms with Gasteiger partial charge < -0.3 is 15.0 Å². The van der Waals surface area contributed by atoms with Crippen LogP contribution < -0.4 is 5.32 Å². The lowest BCUT2D eigenvalue weighted by Gasteiger charge is -2.28. The quantitative estimate of drug-likeness (QED) is 0.814. The van der Waals surface area contributed by atoms with E-state index in [2.05, 4.69) is 12.2 Å². The molecule has 1 amide bonds.